The van der Waals surface area contributed by atoms with Crippen LogP contribution in [-0.2, 0) is 0 Å². The van der Waals surface area contributed by atoms with Gasteiger partial charge in [-0.1, -0.05) is 121 Å². The molecule has 0 saturated carbocycles. The van der Waals surface area contributed by atoms with Gasteiger partial charge >= 0.3 is 0 Å². The van der Waals surface area contributed by atoms with Crippen molar-refractivity contribution in [2.24, 2.45) is 0 Å². The number of fused-ring (bicyclic) bond motifs is 15. The Bertz CT molecular complexity index is 3330. The van der Waals surface area contributed by atoms with E-state index in [9.17, 15) is 0 Å². The van der Waals surface area contributed by atoms with Gasteiger partial charge in [-0.15, -0.1) is 11.3 Å². The molecule has 4 nitrogen and oxygen atoms in total. The average Bonchev–Trinajstić information content (AvgIpc) is 3.90. The maximum absolute atomic E-state index is 5.44. The molecule has 0 bridgehead atoms. The molecular formula is C44H24N4S. The monoisotopic (exact) mass is 640 g/mol. The molecular weight excluding hydrogens is 617 g/mol. The fraction of sp³-hybridized carbons (Fsp3) is 0. The number of thiophene rings is 1. The Morgan fingerprint density at radius 1 is 0.429 bits per heavy atom. The summed E-state index contributed by atoms with van der Waals surface area (Å²) in [4.78, 5) is 10.9. The van der Waals surface area contributed by atoms with Crippen LogP contribution < -0.4 is 0 Å². The van der Waals surface area contributed by atoms with Crippen molar-refractivity contribution >= 4 is 102 Å². The SMILES string of the molecule is c1ccc(-c2nc(-n3c4ccccc4c4ccc5c(ccc6c5c5cccc7c8ccccc8n6c75)c43)nc3c2sc2ccccc23)cc1. The molecule has 5 aromatic heterocycles. The maximum Gasteiger partial charge on any atom is 0.235 e. The normalized spacial score (nSPS) is 12.5. The molecule has 0 N–H and O–H groups in total. The van der Waals surface area contributed by atoms with E-state index in [1.165, 1.54) is 64.3 Å². The lowest BCUT2D eigenvalue weighted by molar-refractivity contribution is 1.02. The lowest BCUT2D eigenvalue weighted by Crippen LogP contribution is -2.03. The van der Waals surface area contributed by atoms with Crippen LogP contribution in [0.5, 0.6) is 0 Å². The van der Waals surface area contributed by atoms with E-state index in [-0.39, 0.29) is 0 Å². The van der Waals surface area contributed by atoms with Gasteiger partial charge in [0.1, 0.15) is 0 Å². The van der Waals surface area contributed by atoms with Crippen LogP contribution in [0.25, 0.3) is 108 Å². The summed E-state index contributed by atoms with van der Waals surface area (Å²) in [6.07, 6.45) is 0. The molecule has 5 heterocycles. The largest absolute Gasteiger partial charge is 0.308 e. The van der Waals surface area contributed by atoms with Crippen molar-refractivity contribution in [3.63, 3.8) is 0 Å². The fourth-order valence-electron chi connectivity index (χ4n) is 8.47. The zero-order valence-corrected chi connectivity index (χ0v) is 26.9. The molecule has 12 aromatic rings. The van der Waals surface area contributed by atoms with Gasteiger partial charge in [-0.2, -0.15) is 0 Å². The number of para-hydroxylation sites is 3. The van der Waals surface area contributed by atoms with Gasteiger partial charge in [0.2, 0.25) is 5.95 Å². The van der Waals surface area contributed by atoms with Crippen LogP contribution >= 0.6 is 11.3 Å². The molecule has 0 atom stereocenters. The van der Waals surface area contributed by atoms with Crippen LogP contribution in [0.15, 0.2) is 146 Å². The summed E-state index contributed by atoms with van der Waals surface area (Å²) in [7, 11) is 0. The summed E-state index contributed by atoms with van der Waals surface area (Å²) in [5, 5.41) is 11.1. The summed E-state index contributed by atoms with van der Waals surface area (Å²) >= 11 is 1.77. The zero-order chi connectivity index (χ0) is 31.8. The fourth-order valence-corrected chi connectivity index (χ4v) is 9.63. The van der Waals surface area contributed by atoms with Crippen LogP contribution in [0, 0.1) is 0 Å². The molecule has 226 valence electrons. The van der Waals surface area contributed by atoms with Crippen molar-refractivity contribution in [2.75, 3.05) is 0 Å². The molecule has 0 amide bonds. The highest BCUT2D eigenvalue weighted by Gasteiger charge is 2.23. The third kappa shape index (κ3) is 3.23. The quantitative estimate of drug-likeness (QED) is 0.188. The molecule has 0 fully saturated rings. The number of hydrogen-bond acceptors (Lipinski definition) is 3. The van der Waals surface area contributed by atoms with E-state index in [2.05, 4.69) is 155 Å². The average molecular weight is 641 g/mol. The lowest BCUT2D eigenvalue weighted by atomic mass is 10.00. The molecule has 12 rings (SSSR count). The summed E-state index contributed by atoms with van der Waals surface area (Å²) in [6.45, 7) is 0. The van der Waals surface area contributed by atoms with Gasteiger partial charge in [0.25, 0.3) is 0 Å². The first-order valence-corrected chi connectivity index (χ1v) is 17.4. The van der Waals surface area contributed by atoms with Crippen molar-refractivity contribution in [1.82, 2.24) is 18.9 Å². The highest BCUT2D eigenvalue weighted by Crippen LogP contribution is 2.45. The van der Waals surface area contributed by atoms with Gasteiger partial charge in [-0.3, -0.25) is 4.57 Å². The highest BCUT2D eigenvalue weighted by atomic mass is 32.1. The first-order chi connectivity index (χ1) is 24.3. The Hall–Kier alpha value is -6.30. The minimum Gasteiger partial charge on any atom is -0.308 e. The predicted molar refractivity (Wildman–Crippen MR) is 207 cm³/mol. The summed E-state index contributed by atoms with van der Waals surface area (Å²) < 4.78 is 7.10. The van der Waals surface area contributed by atoms with E-state index in [1.807, 2.05) is 0 Å². The van der Waals surface area contributed by atoms with E-state index in [0.717, 1.165) is 37.9 Å². The van der Waals surface area contributed by atoms with Crippen molar-refractivity contribution in [1.29, 1.82) is 0 Å². The Morgan fingerprint density at radius 2 is 1.06 bits per heavy atom. The molecule has 0 aliphatic carbocycles. The second-order valence-corrected chi connectivity index (χ2v) is 14.0. The summed E-state index contributed by atoms with van der Waals surface area (Å²) in [6, 6.07) is 52.6. The lowest BCUT2D eigenvalue weighted by Gasteiger charge is -2.12. The van der Waals surface area contributed by atoms with Crippen LogP contribution in [0.4, 0.5) is 0 Å². The smallest absolute Gasteiger partial charge is 0.235 e. The van der Waals surface area contributed by atoms with Crippen LogP contribution in [0.1, 0.15) is 0 Å². The highest BCUT2D eigenvalue weighted by molar-refractivity contribution is 7.26. The minimum absolute atomic E-state index is 0.688. The zero-order valence-electron chi connectivity index (χ0n) is 26.1. The molecule has 5 heteroatoms. The Balaban J connectivity index is 1.26. The Kier molecular flexibility index (Phi) is 4.83. The molecule has 0 radical (unpaired) electrons. The molecule has 0 aliphatic heterocycles. The number of rotatable bonds is 2. The first kappa shape index (κ1) is 25.7. The molecule has 0 unspecified atom stereocenters. The van der Waals surface area contributed by atoms with Gasteiger partial charge < -0.3 is 4.40 Å². The number of hydrogen-bond donors (Lipinski definition) is 0. The number of aromatic nitrogens is 4. The van der Waals surface area contributed by atoms with Crippen molar-refractivity contribution in [3.05, 3.63) is 146 Å². The van der Waals surface area contributed by atoms with Gasteiger partial charge in [0, 0.05) is 53.4 Å². The van der Waals surface area contributed by atoms with Crippen LogP contribution in [0.2, 0.25) is 0 Å². The summed E-state index contributed by atoms with van der Waals surface area (Å²) in [5.41, 5.74) is 9.05. The molecule has 0 saturated heterocycles. The van der Waals surface area contributed by atoms with Gasteiger partial charge in [0.05, 0.1) is 43.5 Å². The molecule has 0 spiro atoms. The van der Waals surface area contributed by atoms with Crippen molar-refractivity contribution in [2.45, 2.75) is 0 Å². The number of benzene rings is 7. The van der Waals surface area contributed by atoms with Crippen molar-refractivity contribution in [3.8, 4) is 17.2 Å². The van der Waals surface area contributed by atoms with E-state index in [0.29, 0.717) is 5.95 Å². The third-order valence-electron chi connectivity index (χ3n) is 10.5. The Morgan fingerprint density at radius 3 is 1.94 bits per heavy atom. The second-order valence-electron chi connectivity index (χ2n) is 12.9. The second kappa shape index (κ2) is 9.19. The first-order valence-electron chi connectivity index (χ1n) is 16.6. The number of nitrogens with zero attached hydrogens (tertiary/aromatic N) is 4. The minimum atomic E-state index is 0.688. The van der Waals surface area contributed by atoms with E-state index < -0.39 is 0 Å². The van der Waals surface area contributed by atoms with Gasteiger partial charge in [0.15, 0.2) is 0 Å². The predicted octanol–water partition coefficient (Wildman–Crippen LogP) is 11.9. The van der Waals surface area contributed by atoms with Crippen molar-refractivity contribution < 1.29 is 0 Å². The standard InChI is InChI=1S/C44H24N4S/c1-2-11-25(12-3-1)39-43-40(32-15-6-9-20-37(32)49-43)46-44(45-39)48-35-19-8-5-14-27(35)30-22-21-28-31(41(30)48)23-24-36-38(28)33-17-10-16-29-26-13-4-7-18-34(26)47(36)42(29)33/h1-24H. The van der Waals surface area contributed by atoms with E-state index >= 15 is 0 Å². The molecule has 0 aliphatic rings. The van der Waals surface area contributed by atoms with Gasteiger partial charge in [-0.05, 0) is 29.7 Å². The van der Waals surface area contributed by atoms with E-state index in [4.69, 9.17) is 9.97 Å². The van der Waals surface area contributed by atoms with Crippen LogP contribution in [-0.4, -0.2) is 18.9 Å². The third-order valence-corrected chi connectivity index (χ3v) is 11.6. The Labute approximate surface area is 283 Å². The van der Waals surface area contributed by atoms with Gasteiger partial charge in [-0.25, -0.2) is 9.97 Å². The van der Waals surface area contributed by atoms with E-state index in [1.54, 1.807) is 11.3 Å². The molecule has 49 heavy (non-hydrogen) atoms. The molecule has 7 aromatic carbocycles. The maximum atomic E-state index is 5.44. The summed E-state index contributed by atoms with van der Waals surface area (Å²) in [5.74, 6) is 0.688. The topological polar surface area (TPSA) is 35.1 Å². The van der Waals surface area contributed by atoms with Crippen LogP contribution in [0.3, 0.4) is 0 Å².